The maximum Gasteiger partial charge on any atom is 0.228 e. The lowest BCUT2D eigenvalue weighted by molar-refractivity contribution is -0.129. The summed E-state index contributed by atoms with van der Waals surface area (Å²) in [6.07, 6.45) is 2.63. The van der Waals surface area contributed by atoms with Gasteiger partial charge in [0.25, 0.3) is 0 Å². The summed E-state index contributed by atoms with van der Waals surface area (Å²) in [5.74, 6) is -0.0235. The minimum atomic E-state index is -0.0560. The highest BCUT2D eigenvalue weighted by molar-refractivity contribution is 5.79. The average molecular weight is 262 g/mol. The zero-order valence-corrected chi connectivity index (χ0v) is 10.9. The molecule has 0 saturated carbocycles. The number of carbonyl (C=O) groups excluding carboxylic acids is 2. The Morgan fingerprint density at radius 1 is 1.53 bits per heavy atom. The molecular formula is C13H18N4O2. The number of nitrogen functional groups attached to an aromatic ring is 1. The van der Waals surface area contributed by atoms with Gasteiger partial charge in [0, 0.05) is 31.7 Å². The number of hydrogen-bond acceptors (Lipinski definition) is 4. The molecule has 0 radical (unpaired) electrons. The largest absolute Gasteiger partial charge is 0.397 e. The van der Waals surface area contributed by atoms with E-state index in [2.05, 4.69) is 10.3 Å². The highest BCUT2D eigenvalue weighted by Crippen LogP contribution is 2.11. The predicted octanol–water partition coefficient (Wildman–Crippen LogP) is -0.0567. The molecule has 1 unspecified atom stereocenters. The summed E-state index contributed by atoms with van der Waals surface area (Å²) >= 11 is 0. The van der Waals surface area contributed by atoms with Gasteiger partial charge in [-0.05, 0) is 18.6 Å². The van der Waals surface area contributed by atoms with Gasteiger partial charge in [-0.3, -0.25) is 14.6 Å². The second kappa shape index (κ2) is 5.69. The van der Waals surface area contributed by atoms with Crippen LogP contribution in [0.5, 0.6) is 0 Å². The molecule has 0 aromatic carbocycles. The van der Waals surface area contributed by atoms with E-state index in [-0.39, 0.29) is 24.3 Å². The van der Waals surface area contributed by atoms with E-state index in [0.29, 0.717) is 24.5 Å². The van der Waals surface area contributed by atoms with Crippen molar-refractivity contribution in [1.82, 2.24) is 15.2 Å². The molecule has 0 bridgehead atoms. The Hall–Kier alpha value is -2.11. The van der Waals surface area contributed by atoms with Gasteiger partial charge in [0.15, 0.2) is 0 Å². The van der Waals surface area contributed by atoms with E-state index in [1.807, 2.05) is 0 Å². The molecule has 6 nitrogen and oxygen atoms in total. The molecule has 1 aliphatic heterocycles. The Kier molecular flexibility index (Phi) is 3.99. The smallest absolute Gasteiger partial charge is 0.228 e. The van der Waals surface area contributed by atoms with E-state index in [1.54, 1.807) is 23.2 Å². The number of rotatable bonds is 3. The van der Waals surface area contributed by atoms with Crippen LogP contribution in [0.3, 0.4) is 0 Å². The fraction of sp³-hybridized carbons (Fsp3) is 0.462. The summed E-state index contributed by atoms with van der Waals surface area (Å²) in [6.45, 7) is 2.74. The molecule has 2 amide bonds. The van der Waals surface area contributed by atoms with Gasteiger partial charge in [0.1, 0.15) is 0 Å². The van der Waals surface area contributed by atoms with Crippen molar-refractivity contribution in [3.05, 3.63) is 24.0 Å². The van der Waals surface area contributed by atoms with Crippen LogP contribution in [-0.4, -0.2) is 40.8 Å². The highest BCUT2D eigenvalue weighted by atomic mass is 16.2. The van der Waals surface area contributed by atoms with Gasteiger partial charge >= 0.3 is 0 Å². The first-order valence-corrected chi connectivity index (χ1v) is 6.30. The molecule has 1 aliphatic rings. The molecule has 1 fully saturated rings. The van der Waals surface area contributed by atoms with Crippen LogP contribution in [0.1, 0.15) is 19.0 Å². The van der Waals surface area contributed by atoms with E-state index in [0.717, 1.165) is 6.42 Å². The number of amides is 2. The standard InChI is InChI=1S/C13H18N4O2/c1-9(18)16-12-4-5-17(8-12)13(19)6-11-3-2-10(14)7-15-11/h2-3,7,12H,4-6,8,14H2,1H3,(H,16,18). The Morgan fingerprint density at radius 3 is 2.95 bits per heavy atom. The molecule has 1 atom stereocenters. The molecule has 2 heterocycles. The first kappa shape index (κ1) is 13.3. The van der Waals surface area contributed by atoms with E-state index in [4.69, 9.17) is 5.73 Å². The summed E-state index contributed by atoms with van der Waals surface area (Å²) < 4.78 is 0. The van der Waals surface area contributed by atoms with Gasteiger partial charge in [-0.2, -0.15) is 0 Å². The number of aromatic nitrogens is 1. The van der Waals surface area contributed by atoms with Crippen molar-refractivity contribution in [2.24, 2.45) is 0 Å². The lowest BCUT2D eigenvalue weighted by Gasteiger charge is -2.16. The molecular weight excluding hydrogens is 244 g/mol. The van der Waals surface area contributed by atoms with Crippen molar-refractivity contribution in [3.63, 3.8) is 0 Å². The number of likely N-dealkylation sites (tertiary alicyclic amines) is 1. The number of carbonyl (C=O) groups is 2. The van der Waals surface area contributed by atoms with Crippen molar-refractivity contribution in [2.45, 2.75) is 25.8 Å². The van der Waals surface area contributed by atoms with Crippen LogP contribution in [0.15, 0.2) is 18.3 Å². The number of hydrogen-bond donors (Lipinski definition) is 2. The first-order chi connectivity index (χ1) is 9.04. The topological polar surface area (TPSA) is 88.3 Å². The molecule has 0 spiro atoms. The van der Waals surface area contributed by atoms with Crippen molar-refractivity contribution in [3.8, 4) is 0 Å². The molecule has 102 valence electrons. The monoisotopic (exact) mass is 262 g/mol. The average Bonchev–Trinajstić information content (AvgIpc) is 2.80. The van der Waals surface area contributed by atoms with Crippen molar-refractivity contribution >= 4 is 17.5 Å². The summed E-state index contributed by atoms with van der Waals surface area (Å²) in [5.41, 5.74) is 6.84. The summed E-state index contributed by atoms with van der Waals surface area (Å²) in [6, 6.07) is 3.56. The molecule has 3 N–H and O–H groups in total. The zero-order chi connectivity index (χ0) is 13.8. The third kappa shape index (κ3) is 3.67. The fourth-order valence-corrected chi connectivity index (χ4v) is 2.20. The van der Waals surface area contributed by atoms with Crippen LogP contribution in [0.25, 0.3) is 0 Å². The Balaban J connectivity index is 1.87. The minimum absolute atomic E-state index is 0.0325. The molecule has 1 aromatic heterocycles. The Labute approximate surface area is 112 Å². The molecule has 0 aliphatic carbocycles. The number of nitrogens with zero attached hydrogens (tertiary/aromatic N) is 2. The van der Waals surface area contributed by atoms with Gasteiger partial charge < -0.3 is 16.0 Å². The van der Waals surface area contributed by atoms with Crippen LogP contribution < -0.4 is 11.1 Å². The van der Waals surface area contributed by atoms with Crippen molar-refractivity contribution in [1.29, 1.82) is 0 Å². The van der Waals surface area contributed by atoms with Crippen molar-refractivity contribution < 1.29 is 9.59 Å². The summed E-state index contributed by atoms with van der Waals surface area (Å²) in [7, 11) is 0. The van der Waals surface area contributed by atoms with E-state index in [9.17, 15) is 9.59 Å². The lowest BCUT2D eigenvalue weighted by atomic mass is 10.2. The second-order valence-electron chi connectivity index (χ2n) is 4.79. The quantitative estimate of drug-likeness (QED) is 0.799. The van der Waals surface area contributed by atoms with Crippen LogP contribution in [0.4, 0.5) is 5.69 Å². The molecule has 1 saturated heterocycles. The third-order valence-electron chi connectivity index (χ3n) is 3.13. The van der Waals surface area contributed by atoms with Crippen LogP contribution >= 0.6 is 0 Å². The normalized spacial score (nSPS) is 18.4. The Bertz CT molecular complexity index is 472. The predicted molar refractivity (Wildman–Crippen MR) is 71.2 cm³/mol. The maximum atomic E-state index is 12.1. The first-order valence-electron chi connectivity index (χ1n) is 6.30. The van der Waals surface area contributed by atoms with E-state index in [1.165, 1.54) is 6.92 Å². The minimum Gasteiger partial charge on any atom is -0.397 e. The van der Waals surface area contributed by atoms with Crippen LogP contribution in [-0.2, 0) is 16.0 Å². The third-order valence-corrected chi connectivity index (χ3v) is 3.13. The molecule has 2 rings (SSSR count). The molecule has 19 heavy (non-hydrogen) atoms. The van der Waals surface area contributed by atoms with E-state index >= 15 is 0 Å². The van der Waals surface area contributed by atoms with Gasteiger partial charge in [-0.1, -0.05) is 0 Å². The summed E-state index contributed by atoms with van der Waals surface area (Å²) in [5, 5.41) is 2.83. The van der Waals surface area contributed by atoms with Crippen LogP contribution in [0.2, 0.25) is 0 Å². The number of anilines is 1. The maximum absolute atomic E-state index is 12.1. The Morgan fingerprint density at radius 2 is 2.32 bits per heavy atom. The van der Waals surface area contributed by atoms with Crippen LogP contribution in [0, 0.1) is 0 Å². The number of pyridine rings is 1. The van der Waals surface area contributed by atoms with Gasteiger partial charge in [-0.25, -0.2) is 0 Å². The molecule has 1 aromatic rings. The zero-order valence-electron chi connectivity index (χ0n) is 10.9. The van der Waals surface area contributed by atoms with Gasteiger partial charge in [0.05, 0.1) is 18.3 Å². The lowest BCUT2D eigenvalue weighted by Crippen LogP contribution is -2.37. The SMILES string of the molecule is CC(=O)NC1CCN(C(=O)Cc2ccc(N)cn2)C1. The van der Waals surface area contributed by atoms with E-state index < -0.39 is 0 Å². The fourth-order valence-electron chi connectivity index (χ4n) is 2.20. The summed E-state index contributed by atoms with van der Waals surface area (Å²) in [4.78, 5) is 28.9. The number of nitrogens with two attached hydrogens (primary N) is 1. The molecule has 6 heteroatoms. The van der Waals surface area contributed by atoms with Gasteiger partial charge in [0.2, 0.25) is 11.8 Å². The second-order valence-corrected chi connectivity index (χ2v) is 4.79. The highest BCUT2D eigenvalue weighted by Gasteiger charge is 2.26. The van der Waals surface area contributed by atoms with Gasteiger partial charge in [-0.15, -0.1) is 0 Å². The number of nitrogens with one attached hydrogen (secondary N) is 1. The van der Waals surface area contributed by atoms with Crippen molar-refractivity contribution in [2.75, 3.05) is 18.8 Å².